The molecule has 0 radical (unpaired) electrons. The minimum atomic E-state index is -3.64. The van der Waals surface area contributed by atoms with Gasteiger partial charge in [-0.3, -0.25) is 4.79 Å². The van der Waals surface area contributed by atoms with Crippen LogP contribution in [0.15, 0.2) is 35.2 Å². The largest absolute Gasteiger partial charge is 0.321 e. The summed E-state index contributed by atoms with van der Waals surface area (Å²) in [7, 11) is -3.64. The predicted octanol–water partition coefficient (Wildman–Crippen LogP) is 3.57. The molecule has 3 rings (SSSR count). The summed E-state index contributed by atoms with van der Waals surface area (Å²) in [6.07, 6.45) is 3.23. The first-order valence-corrected chi connectivity index (χ1v) is 10.5. The lowest BCUT2D eigenvalue weighted by Gasteiger charge is -2.20. The van der Waals surface area contributed by atoms with E-state index in [9.17, 15) is 13.2 Å². The van der Waals surface area contributed by atoms with Gasteiger partial charge in [0.1, 0.15) is 0 Å². The average molecular weight is 379 g/mol. The van der Waals surface area contributed by atoms with Gasteiger partial charge < -0.3 is 5.32 Å². The number of rotatable bonds is 4. The molecular weight excluding hydrogens is 356 g/mol. The summed E-state index contributed by atoms with van der Waals surface area (Å²) < 4.78 is 27.5. The van der Waals surface area contributed by atoms with Crippen LogP contribution in [0.5, 0.6) is 0 Å². The van der Waals surface area contributed by atoms with Crippen LogP contribution < -0.4 is 10.0 Å². The lowest BCUT2D eigenvalue weighted by atomic mass is 10.1. The van der Waals surface area contributed by atoms with Crippen molar-refractivity contribution in [2.45, 2.75) is 50.5 Å². The Morgan fingerprint density at radius 2 is 1.92 bits per heavy atom. The van der Waals surface area contributed by atoms with Crippen molar-refractivity contribution >= 4 is 33.0 Å². The van der Waals surface area contributed by atoms with E-state index in [1.54, 1.807) is 32.9 Å². The Bertz CT molecular complexity index is 887. The first-order valence-electron chi connectivity index (χ1n) is 8.21. The summed E-state index contributed by atoms with van der Waals surface area (Å²) in [5.41, 5.74) is 1.16. The third-order valence-electron chi connectivity index (χ3n) is 3.81. The van der Waals surface area contributed by atoms with Crippen LogP contribution in [0, 0.1) is 0 Å². The molecule has 1 aromatic heterocycles. The molecule has 5 nitrogen and oxygen atoms in total. The van der Waals surface area contributed by atoms with E-state index in [-0.39, 0.29) is 10.8 Å². The lowest BCUT2D eigenvalue weighted by Crippen LogP contribution is -2.40. The van der Waals surface area contributed by atoms with Crippen LogP contribution in [-0.4, -0.2) is 19.9 Å². The van der Waals surface area contributed by atoms with Gasteiger partial charge in [0.25, 0.3) is 5.91 Å². The number of anilines is 1. The number of thiophene rings is 1. The van der Waals surface area contributed by atoms with Gasteiger partial charge in [0, 0.05) is 16.1 Å². The van der Waals surface area contributed by atoms with Crippen LogP contribution in [0.25, 0.3) is 0 Å². The molecular formula is C18H22N2O3S2. The molecule has 1 heterocycles. The lowest BCUT2D eigenvalue weighted by molar-refractivity contribution is 0.103. The van der Waals surface area contributed by atoms with Crippen LogP contribution >= 0.6 is 11.3 Å². The van der Waals surface area contributed by atoms with E-state index in [2.05, 4.69) is 10.0 Å². The summed E-state index contributed by atoms with van der Waals surface area (Å²) in [5, 5.41) is 2.80. The van der Waals surface area contributed by atoms with Crippen molar-refractivity contribution in [3.63, 3.8) is 0 Å². The number of hydrogen-bond acceptors (Lipinski definition) is 4. The van der Waals surface area contributed by atoms with Crippen molar-refractivity contribution in [2.75, 3.05) is 5.32 Å². The standard InChI is InChI=1S/C18H22N2O3S2/c1-18(2,3)20-25(22,23)14-8-5-7-13(11-14)19-17(21)16-10-12-6-4-9-15(12)24-16/h5,7-8,10-11,20H,4,6,9H2,1-3H3,(H,19,21). The Hall–Kier alpha value is -1.70. The Balaban J connectivity index is 1.78. The number of nitrogens with one attached hydrogen (secondary N) is 2. The number of aryl methyl sites for hydroxylation is 2. The number of amides is 1. The molecule has 0 aliphatic heterocycles. The molecule has 2 aromatic rings. The van der Waals surface area contributed by atoms with Crippen LogP contribution in [0.3, 0.4) is 0 Å². The van der Waals surface area contributed by atoms with Crippen LogP contribution in [0.4, 0.5) is 5.69 Å². The molecule has 0 bridgehead atoms. The van der Waals surface area contributed by atoms with Gasteiger partial charge in [-0.05, 0) is 69.9 Å². The molecule has 25 heavy (non-hydrogen) atoms. The highest BCUT2D eigenvalue weighted by Crippen LogP contribution is 2.31. The second-order valence-corrected chi connectivity index (χ2v) is 10.1. The van der Waals surface area contributed by atoms with Crippen molar-refractivity contribution in [3.8, 4) is 0 Å². The monoisotopic (exact) mass is 378 g/mol. The molecule has 134 valence electrons. The van der Waals surface area contributed by atoms with E-state index in [0.29, 0.717) is 10.6 Å². The summed E-state index contributed by atoms with van der Waals surface area (Å²) in [6, 6.07) is 8.26. The normalized spacial score (nSPS) is 14.4. The molecule has 1 aromatic carbocycles. The fourth-order valence-corrected chi connectivity index (χ4v) is 5.45. The van der Waals surface area contributed by atoms with E-state index in [1.165, 1.54) is 33.9 Å². The summed E-state index contributed by atoms with van der Waals surface area (Å²) in [5.74, 6) is -0.197. The van der Waals surface area contributed by atoms with E-state index >= 15 is 0 Å². The maximum Gasteiger partial charge on any atom is 0.265 e. The maximum absolute atomic E-state index is 12.4. The van der Waals surface area contributed by atoms with Crippen LogP contribution in [-0.2, 0) is 22.9 Å². The fraction of sp³-hybridized carbons (Fsp3) is 0.389. The minimum absolute atomic E-state index is 0.133. The quantitative estimate of drug-likeness (QED) is 0.854. The first-order chi connectivity index (χ1) is 11.6. The third kappa shape index (κ3) is 4.29. The van der Waals surface area contributed by atoms with Gasteiger partial charge in [-0.15, -0.1) is 11.3 Å². The Morgan fingerprint density at radius 1 is 1.16 bits per heavy atom. The SMILES string of the molecule is CC(C)(C)NS(=O)(=O)c1cccc(NC(=O)c2cc3c(s2)CCC3)c1. The summed E-state index contributed by atoms with van der Waals surface area (Å²) in [4.78, 5) is 14.5. The van der Waals surface area contributed by atoms with Crippen molar-refractivity contribution in [1.82, 2.24) is 4.72 Å². The zero-order chi connectivity index (χ0) is 18.2. The molecule has 0 saturated heterocycles. The van der Waals surface area contributed by atoms with Gasteiger partial charge >= 0.3 is 0 Å². The second kappa shape index (κ2) is 6.55. The number of fused-ring (bicyclic) bond motifs is 1. The van der Waals surface area contributed by atoms with E-state index in [0.717, 1.165) is 19.3 Å². The third-order valence-corrected chi connectivity index (χ3v) is 6.80. The fourth-order valence-electron chi connectivity index (χ4n) is 2.84. The molecule has 0 spiro atoms. The van der Waals surface area contributed by atoms with E-state index < -0.39 is 15.6 Å². The van der Waals surface area contributed by atoms with Crippen molar-refractivity contribution in [1.29, 1.82) is 0 Å². The topological polar surface area (TPSA) is 75.3 Å². The average Bonchev–Trinajstić information content (AvgIpc) is 3.06. The maximum atomic E-state index is 12.4. The van der Waals surface area contributed by atoms with Crippen molar-refractivity contribution in [2.24, 2.45) is 0 Å². The first kappa shape index (κ1) is 18.1. The zero-order valence-electron chi connectivity index (χ0n) is 14.5. The Morgan fingerprint density at radius 3 is 2.60 bits per heavy atom. The zero-order valence-corrected chi connectivity index (χ0v) is 16.2. The Labute approximate surface area is 152 Å². The second-order valence-electron chi connectivity index (χ2n) is 7.25. The molecule has 0 atom stereocenters. The van der Waals surface area contributed by atoms with E-state index in [4.69, 9.17) is 0 Å². The molecule has 0 fully saturated rings. The number of sulfonamides is 1. The highest BCUT2D eigenvalue weighted by molar-refractivity contribution is 7.89. The Kier molecular flexibility index (Phi) is 4.74. The van der Waals surface area contributed by atoms with E-state index in [1.807, 2.05) is 6.07 Å². The minimum Gasteiger partial charge on any atom is -0.321 e. The molecule has 0 saturated carbocycles. The number of carbonyl (C=O) groups excluding carboxylic acids is 1. The molecule has 1 aliphatic carbocycles. The van der Waals surface area contributed by atoms with Gasteiger partial charge in [-0.25, -0.2) is 13.1 Å². The molecule has 1 aliphatic rings. The van der Waals surface area contributed by atoms with Gasteiger partial charge in [-0.1, -0.05) is 6.07 Å². The summed E-state index contributed by atoms with van der Waals surface area (Å²) in [6.45, 7) is 5.35. The van der Waals surface area contributed by atoms with Crippen LogP contribution in [0.1, 0.15) is 47.3 Å². The number of benzene rings is 1. The smallest absolute Gasteiger partial charge is 0.265 e. The van der Waals surface area contributed by atoms with Gasteiger partial charge in [0.05, 0.1) is 9.77 Å². The van der Waals surface area contributed by atoms with Crippen molar-refractivity contribution in [3.05, 3.63) is 45.6 Å². The van der Waals surface area contributed by atoms with Gasteiger partial charge in [-0.2, -0.15) is 0 Å². The summed E-state index contributed by atoms with van der Waals surface area (Å²) >= 11 is 1.52. The van der Waals surface area contributed by atoms with Crippen molar-refractivity contribution < 1.29 is 13.2 Å². The molecule has 1 amide bonds. The molecule has 2 N–H and O–H groups in total. The van der Waals surface area contributed by atoms with Gasteiger partial charge in [0.2, 0.25) is 10.0 Å². The van der Waals surface area contributed by atoms with Gasteiger partial charge in [0.15, 0.2) is 0 Å². The predicted molar refractivity (Wildman–Crippen MR) is 101 cm³/mol. The highest BCUT2D eigenvalue weighted by Gasteiger charge is 2.23. The highest BCUT2D eigenvalue weighted by atomic mass is 32.2. The number of carbonyl (C=O) groups is 1. The molecule has 0 unspecified atom stereocenters. The number of hydrogen-bond donors (Lipinski definition) is 2. The molecule has 7 heteroatoms. The van der Waals surface area contributed by atoms with Crippen LogP contribution in [0.2, 0.25) is 0 Å².